The summed E-state index contributed by atoms with van der Waals surface area (Å²) in [4.78, 5) is 0. The van der Waals surface area contributed by atoms with Gasteiger partial charge >= 0.3 is 0 Å². The van der Waals surface area contributed by atoms with Crippen molar-refractivity contribution in [1.82, 2.24) is 0 Å². The van der Waals surface area contributed by atoms with E-state index in [9.17, 15) is 5.11 Å². The van der Waals surface area contributed by atoms with E-state index in [1.807, 2.05) is 13.0 Å². The molecule has 1 nitrogen and oxygen atoms in total. The predicted octanol–water partition coefficient (Wildman–Crippen LogP) is 2.81. The molecular weight excluding hydrogens is 228 g/mol. The molecule has 0 heterocycles. The molecule has 0 saturated heterocycles. The molecule has 0 fully saturated rings. The number of aryl methyl sites for hydroxylation is 2. The largest absolute Gasteiger partial charge is 0.392 e. The zero-order valence-electron chi connectivity index (χ0n) is 7.89. The normalized spacial score (nSPS) is 10.4. The van der Waals surface area contributed by atoms with Gasteiger partial charge in [0.05, 0.1) is 6.61 Å². The summed E-state index contributed by atoms with van der Waals surface area (Å²) in [6.07, 6.45) is 2.17. The molecule has 0 radical (unpaired) electrons. The SMILES string of the molecule is Cc1cccc(CCCBr)c1CO. The maximum Gasteiger partial charge on any atom is 0.0687 e. The molecule has 0 spiro atoms. The van der Waals surface area contributed by atoms with Gasteiger partial charge in [-0.15, -0.1) is 0 Å². The van der Waals surface area contributed by atoms with Crippen molar-refractivity contribution in [3.8, 4) is 0 Å². The van der Waals surface area contributed by atoms with Gasteiger partial charge in [0, 0.05) is 5.33 Å². The van der Waals surface area contributed by atoms with Gasteiger partial charge in [0.25, 0.3) is 0 Å². The number of benzene rings is 1. The maximum absolute atomic E-state index is 9.19. The molecule has 13 heavy (non-hydrogen) atoms. The first kappa shape index (κ1) is 10.7. The van der Waals surface area contributed by atoms with Crippen LogP contribution >= 0.6 is 15.9 Å². The fourth-order valence-corrected chi connectivity index (χ4v) is 1.76. The molecule has 0 unspecified atom stereocenters. The van der Waals surface area contributed by atoms with Gasteiger partial charge in [-0.1, -0.05) is 34.1 Å². The van der Waals surface area contributed by atoms with Crippen LogP contribution in [-0.2, 0) is 13.0 Å². The predicted molar refractivity (Wildman–Crippen MR) is 59.2 cm³/mol. The average molecular weight is 243 g/mol. The van der Waals surface area contributed by atoms with Crippen LogP contribution in [0.5, 0.6) is 0 Å². The summed E-state index contributed by atoms with van der Waals surface area (Å²) >= 11 is 3.41. The molecule has 2 heteroatoms. The highest BCUT2D eigenvalue weighted by Gasteiger charge is 2.03. The number of aliphatic hydroxyl groups excluding tert-OH is 1. The zero-order valence-corrected chi connectivity index (χ0v) is 9.47. The van der Waals surface area contributed by atoms with E-state index in [1.165, 1.54) is 11.1 Å². The second-order valence-electron chi connectivity index (χ2n) is 3.16. The first-order chi connectivity index (χ1) is 6.29. The van der Waals surface area contributed by atoms with Gasteiger partial charge in [-0.05, 0) is 36.5 Å². The van der Waals surface area contributed by atoms with Crippen molar-refractivity contribution in [2.75, 3.05) is 5.33 Å². The van der Waals surface area contributed by atoms with E-state index >= 15 is 0 Å². The lowest BCUT2D eigenvalue weighted by molar-refractivity contribution is 0.280. The lowest BCUT2D eigenvalue weighted by atomic mass is 9.99. The molecule has 1 N–H and O–H groups in total. The third kappa shape index (κ3) is 2.82. The van der Waals surface area contributed by atoms with Crippen molar-refractivity contribution in [2.45, 2.75) is 26.4 Å². The van der Waals surface area contributed by atoms with E-state index in [-0.39, 0.29) is 6.61 Å². The van der Waals surface area contributed by atoms with Gasteiger partial charge in [0.1, 0.15) is 0 Å². The number of hydrogen-bond donors (Lipinski definition) is 1. The number of hydrogen-bond acceptors (Lipinski definition) is 1. The first-order valence-corrected chi connectivity index (χ1v) is 5.66. The molecule has 0 amide bonds. The lowest BCUT2D eigenvalue weighted by Gasteiger charge is -2.09. The van der Waals surface area contributed by atoms with Crippen LogP contribution in [0.2, 0.25) is 0 Å². The Kier molecular flexibility index (Phi) is 4.46. The van der Waals surface area contributed by atoms with Crippen LogP contribution in [0.1, 0.15) is 23.1 Å². The van der Waals surface area contributed by atoms with Crippen molar-refractivity contribution in [3.63, 3.8) is 0 Å². The summed E-state index contributed by atoms with van der Waals surface area (Å²) in [5, 5.41) is 10.2. The summed E-state index contributed by atoms with van der Waals surface area (Å²) < 4.78 is 0. The maximum atomic E-state index is 9.19. The monoisotopic (exact) mass is 242 g/mol. The van der Waals surface area contributed by atoms with E-state index in [2.05, 4.69) is 28.1 Å². The van der Waals surface area contributed by atoms with E-state index in [0.717, 1.165) is 23.7 Å². The Morgan fingerprint density at radius 3 is 2.77 bits per heavy atom. The Morgan fingerprint density at radius 1 is 1.38 bits per heavy atom. The van der Waals surface area contributed by atoms with Gasteiger partial charge in [-0.25, -0.2) is 0 Å². The van der Waals surface area contributed by atoms with E-state index in [1.54, 1.807) is 0 Å². The number of halogens is 1. The minimum absolute atomic E-state index is 0.157. The number of rotatable bonds is 4. The smallest absolute Gasteiger partial charge is 0.0687 e. The fourth-order valence-electron chi connectivity index (χ4n) is 1.48. The summed E-state index contributed by atoms with van der Waals surface area (Å²) in [6, 6.07) is 6.20. The molecule has 1 aromatic carbocycles. The van der Waals surface area contributed by atoms with Gasteiger partial charge in [-0.3, -0.25) is 0 Å². The highest BCUT2D eigenvalue weighted by atomic mass is 79.9. The van der Waals surface area contributed by atoms with Gasteiger partial charge in [0.15, 0.2) is 0 Å². The van der Waals surface area contributed by atoms with Crippen LogP contribution in [0.25, 0.3) is 0 Å². The van der Waals surface area contributed by atoms with Gasteiger partial charge in [0.2, 0.25) is 0 Å². The molecule has 1 rings (SSSR count). The standard InChI is InChI=1S/C11H15BrO/c1-9-4-2-5-10(6-3-7-12)11(9)8-13/h2,4-5,13H,3,6-8H2,1H3. The molecule has 0 aliphatic carbocycles. The topological polar surface area (TPSA) is 20.2 Å². The number of alkyl halides is 1. The fraction of sp³-hybridized carbons (Fsp3) is 0.455. The second-order valence-corrected chi connectivity index (χ2v) is 3.96. The quantitative estimate of drug-likeness (QED) is 0.806. The van der Waals surface area contributed by atoms with Crippen LogP contribution < -0.4 is 0 Å². The Labute approximate surface area is 87.9 Å². The highest BCUT2D eigenvalue weighted by Crippen LogP contribution is 2.16. The van der Waals surface area contributed by atoms with Crippen LogP contribution in [-0.4, -0.2) is 10.4 Å². The van der Waals surface area contributed by atoms with Crippen molar-refractivity contribution in [2.24, 2.45) is 0 Å². The van der Waals surface area contributed by atoms with Crippen molar-refractivity contribution in [1.29, 1.82) is 0 Å². The molecular formula is C11H15BrO. The molecule has 72 valence electrons. The average Bonchev–Trinajstić information content (AvgIpc) is 2.15. The van der Waals surface area contributed by atoms with Crippen LogP contribution in [0.3, 0.4) is 0 Å². The Bertz CT molecular complexity index is 271. The molecule has 1 aromatic rings. The highest BCUT2D eigenvalue weighted by molar-refractivity contribution is 9.09. The van der Waals surface area contributed by atoms with E-state index in [0.29, 0.717) is 0 Å². The second kappa shape index (κ2) is 5.40. The van der Waals surface area contributed by atoms with Crippen molar-refractivity contribution in [3.05, 3.63) is 34.9 Å². The minimum Gasteiger partial charge on any atom is -0.392 e. The third-order valence-corrected chi connectivity index (χ3v) is 2.81. The van der Waals surface area contributed by atoms with E-state index < -0.39 is 0 Å². The molecule has 0 aromatic heterocycles. The van der Waals surface area contributed by atoms with Crippen LogP contribution in [0.4, 0.5) is 0 Å². The summed E-state index contributed by atoms with van der Waals surface area (Å²) in [5.41, 5.74) is 3.57. The third-order valence-electron chi connectivity index (χ3n) is 2.25. The van der Waals surface area contributed by atoms with Crippen LogP contribution in [0, 0.1) is 6.92 Å². The zero-order chi connectivity index (χ0) is 9.68. The molecule has 0 saturated carbocycles. The Morgan fingerprint density at radius 2 is 2.15 bits per heavy atom. The molecule has 0 atom stereocenters. The number of aliphatic hydroxyl groups is 1. The Hall–Kier alpha value is -0.340. The van der Waals surface area contributed by atoms with Crippen molar-refractivity contribution >= 4 is 15.9 Å². The molecule has 0 bridgehead atoms. The van der Waals surface area contributed by atoms with E-state index in [4.69, 9.17) is 0 Å². The van der Waals surface area contributed by atoms with Gasteiger partial charge < -0.3 is 5.11 Å². The molecule has 0 aliphatic heterocycles. The summed E-state index contributed by atoms with van der Waals surface area (Å²) in [5.74, 6) is 0. The van der Waals surface area contributed by atoms with Crippen LogP contribution in [0.15, 0.2) is 18.2 Å². The summed E-state index contributed by atoms with van der Waals surface area (Å²) in [6.45, 7) is 2.20. The van der Waals surface area contributed by atoms with Gasteiger partial charge in [-0.2, -0.15) is 0 Å². The lowest BCUT2D eigenvalue weighted by Crippen LogP contribution is -1.97. The Balaban J connectivity index is 2.85. The van der Waals surface area contributed by atoms with Crippen molar-refractivity contribution < 1.29 is 5.11 Å². The first-order valence-electron chi connectivity index (χ1n) is 4.53. The molecule has 0 aliphatic rings. The summed E-state index contributed by atoms with van der Waals surface area (Å²) in [7, 11) is 0. The minimum atomic E-state index is 0.157.